The Kier molecular flexibility index (Phi) is 6.91. The molecule has 0 spiro atoms. The molecule has 1 amide bonds. The zero-order chi connectivity index (χ0) is 16.5. The number of rotatable bonds is 5. The van der Waals surface area contributed by atoms with Gasteiger partial charge in [-0.3, -0.25) is 4.79 Å². The molecule has 1 aliphatic rings. The standard InChI is InChI=1S/C18H25NO4/c1-22-16-11-9-14(10-12-16)18(21)23-13-17(20)19-15-7-5-3-2-4-6-8-15/h9-12,15H,2-8,13H2,1H3,(H,19,20). The Balaban J connectivity index is 1.75. The number of hydrogen-bond donors (Lipinski definition) is 1. The number of methoxy groups -OCH3 is 1. The monoisotopic (exact) mass is 319 g/mol. The zero-order valence-corrected chi connectivity index (χ0v) is 13.7. The van der Waals surface area contributed by atoms with E-state index in [-0.39, 0.29) is 18.6 Å². The SMILES string of the molecule is COc1ccc(C(=O)OCC(=O)NC2CCCCCCC2)cc1. The van der Waals surface area contributed by atoms with Gasteiger partial charge in [-0.05, 0) is 37.1 Å². The fourth-order valence-corrected chi connectivity index (χ4v) is 2.81. The summed E-state index contributed by atoms with van der Waals surface area (Å²) in [5.74, 6) is -0.0542. The van der Waals surface area contributed by atoms with Gasteiger partial charge in [0.15, 0.2) is 6.61 Å². The maximum atomic E-state index is 11.9. The molecule has 0 atom stereocenters. The summed E-state index contributed by atoms with van der Waals surface area (Å²) in [6.45, 7) is -0.235. The summed E-state index contributed by atoms with van der Waals surface area (Å²) in [4.78, 5) is 23.8. The highest BCUT2D eigenvalue weighted by Gasteiger charge is 2.15. The second-order valence-electron chi connectivity index (χ2n) is 5.91. The third-order valence-corrected chi connectivity index (χ3v) is 4.13. The molecule has 5 heteroatoms. The van der Waals surface area contributed by atoms with Crippen molar-refractivity contribution in [3.63, 3.8) is 0 Å². The van der Waals surface area contributed by atoms with Gasteiger partial charge < -0.3 is 14.8 Å². The maximum absolute atomic E-state index is 11.9. The molecule has 1 aromatic rings. The first-order chi connectivity index (χ1) is 11.2. The van der Waals surface area contributed by atoms with Crippen molar-refractivity contribution in [3.8, 4) is 5.75 Å². The summed E-state index contributed by atoms with van der Waals surface area (Å²) in [5, 5.41) is 2.98. The largest absolute Gasteiger partial charge is 0.497 e. The van der Waals surface area contributed by atoms with Gasteiger partial charge in [0.05, 0.1) is 12.7 Å². The third kappa shape index (κ3) is 5.93. The van der Waals surface area contributed by atoms with Gasteiger partial charge in [-0.1, -0.05) is 32.1 Å². The van der Waals surface area contributed by atoms with Crippen LogP contribution in [0.1, 0.15) is 55.3 Å². The van der Waals surface area contributed by atoms with Crippen LogP contribution in [0.5, 0.6) is 5.75 Å². The van der Waals surface area contributed by atoms with E-state index in [1.807, 2.05) is 0 Å². The molecular weight excluding hydrogens is 294 g/mol. The molecule has 126 valence electrons. The third-order valence-electron chi connectivity index (χ3n) is 4.13. The van der Waals surface area contributed by atoms with Crippen LogP contribution in [0.2, 0.25) is 0 Å². The predicted molar refractivity (Wildman–Crippen MR) is 87.5 cm³/mol. The lowest BCUT2D eigenvalue weighted by Crippen LogP contribution is -2.38. The van der Waals surface area contributed by atoms with Crippen molar-refractivity contribution in [2.45, 2.75) is 51.0 Å². The minimum atomic E-state index is -0.500. The van der Waals surface area contributed by atoms with E-state index in [9.17, 15) is 9.59 Å². The Morgan fingerprint density at radius 1 is 1.04 bits per heavy atom. The van der Waals surface area contributed by atoms with Crippen molar-refractivity contribution in [3.05, 3.63) is 29.8 Å². The van der Waals surface area contributed by atoms with E-state index in [2.05, 4.69) is 5.32 Å². The molecule has 1 aliphatic carbocycles. The molecule has 0 aromatic heterocycles. The van der Waals surface area contributed by atoms with Crippen LogP contribution in [0, 0.1) is 0 Å². The second kappa shape index (κ2) is 9.18. The molecule has 0 aliphatic heterocycles. The minimum Gasteiger partial charge on any atom is -0.497 e. The molecule has 1 aromatic carbocycles. The van der Waals surface area contributed by atoms with Crippen LogP contribution in [0.3, 0.4) is 0 Å². The Morgan fingerprint density at radius 3 is 2.26 bits per heavy atom. The number of nitrogens with one attached hydrogen (secondary N) is 1. The first-order valence-corrected chi connectivity index (χ1v) is 8.29. The highest BCUT2D eigenvalue weighted by atomic mass is 16.5. The van der Waals surface area contributed by atoms with Crippen LogP contribution >= 0.6 is 0 Å². The first-order valence-electron chi connectivity index (χ1n) is 8.29. The van der Waals surface area contributed by atoms with E-state index in [1.54, 1.807) is 31.4 Å². The van der Waals surface area contributed by atoms with Crippen molar-refractivity contribution in [1.29, 1.82) is 0 Å². The molecule has 23 heavy (non-hydrogen) atoms. The summed E-state index contributed by atoms with van der Waals surface area (Å²) in [6.07, 6.45) is 8.08. The molecule has 0 saturated heterocycles. The summed E-state index contributed by atoms with van der Waals surface area (Å²) >= 11 is 0. The first kappa shape index (κ1) is 17.3. The number of amides is 1. The van der Waals surface area contributed by atoms with E-state index < -0.39 is 5.97 Å². The molecule has 0 radical (unpaired) electrons. The highest BCUT2D eigenvalue weighted by molar-refractivity contribution is 5.91. The fraction of sp³-hybridized carbons (Fsp3) is 0.556. The van der Waals surface area contributed by atoms with Crippen LogP contribution < -0.4 is 10.1 Å². The Morgan fingerprint density at radius 2 is 1.65 bits per heavy atom. The van der Waals surface area contributed by atoms with Crippen LogP contribution in [-0.2, 0) is 9.53 Å². The summed E-state index contributed by atoms with van der Waals surface area (Å²) < 4.78 is 10.1. The smallest absolute Gasteiger partial charge is 0.338 e. The van der Waals surface area contributed by atoms with Gasteiger partial charge in [0.1, 0.15) is 5.75 Å². The zero-order valence-electron chi connectivity index (χ0n) is 13.7. The van der Waals surface area contributed by atoms with Crippen molar-refractivity contribution >= 4 is 11.9 Å². The van der Waals surface area contributed by atoms with E-state index in [0.29, 0.717) is 11.3 Å². The van der Waals surface area contributed by atoms with Crippen LogP contribution in [-0.4, -0.2) is 31.6 Å². The molecule has 2 rings (SSSR count). The molecule has 0 heterocycles. The average molecular weight is 319 g/mol. The molecule has 1 N–H and O–H groups in total. The van der Waals surface area contributed by atoms with Gasteiger partial charge in [0, 0.05) is 6.04 Å². The van der Waals surface area contributed by atoms with Crippen molar-refractivity contribution in [2.24, 2.45) is 0 Å². The molecule has 1 fully saturated rings. The van der Waals surface area contributed by atoms with Gasteiger partial charge in [0.2, 0.25) is 0 Å². The molecule has 5 nitrogen and oxygen atoms in total. The lowest BCUT2D eigenvalue weighted by Gasteiger charge is -2.20. The lowest BCUT2D eigenvalue weighted by molar-refractivity contribution is -0.125. The Hall–Kier alpha value is -2.04. The number of carbonyl (C=O) groups excluding carboxylic acids is 2. The molecule has 1 saturated carbocycles. The summed E-state index contributed by atoms with van der Waals surface area (Å²) in [5.41, 5.74) is 0.407. The van der Waals surface area contributed by atoms with Gasteiger partial charge in [-0.15, -0.1) is 0 Å². The quantitative estimate of drug-likeness (QED) is 0.847. The van der Waals surface area contributed by atoms with E-state index in [0.717, 1.165) is 25.7 Å². The number of hydrogen-bond acceptors (Lipinski definition) is 4. The maximum Gasteiger partial charge on any atom is 0.338 e. The predicted octanol–water partition coefficient (Wildman–Crippen LogP) is 3.08. The van der Waals surface area contributed by atoms with E-state index in [1.165, 1.54) is 19.3 Å². The van der Waals surface area contributed by atoms with Gasteiger partial charge in [-0.25, -0.2) is 4.79 Å². The topological polar surface area (TPSA) is 64.6 Å². The van der Waals surface area contributed by atoms with Crippen molar-refractivity contribution < 1.29 is 19.1 Å². The Bertz CT molecular complexity index is 504. The number of ether oxygens (including phenoxy) is 2. The van der Waals surface area contributed by atoms with E-state index in [4.69, 9.17) is 9.47 Å². The number of benzene rings is 1. The normalized spacial score (nSPS) is 16.0. The average Bonchev–Trinajstić information content (AvgIpc) is 2.55. The molecular formula is C18H25NO4. The van der Waals surface area contributed by atoms with Gasteiger partial charge in [-0.2, -0.15) is 0 Å². The lowest BCUT2D eigenvalue weighted by atomic mass is 9.97. The fourth-order valence-electron chi connectivity index (χ4n) is 2.81. The summed E-state index contributed by atoms with van der Waals surface area (Å²) in [7, 11) is 1.56. The number of carbonyl (C=O) groups is 2. The van der Waals surface area contributed by atoms with Gasteiger partial charge in [0.25, 0.3) is 5.91 Å². The highest BCUT2D eigenvalue weighted by Crippen LogP contribution is 2.17. The van der Waals surface area contributed by atoms with Crippen molar-refractivity contribution in [2.75, 3.05) is 13.7 Å². The molecule has 0 bridgehead atoms. The van der Waals surface area contributed by atoms with E-state index >= 15 is 0 Å². The van der Waals surface area contributed by atoms with Gasteiger partial charge >= 0.3 is 5.97 Å². The Labute approximate surface area is 137 Å². The van der Waals surface area contributed by atoms with Crippen LogP contribution in [0.15, 0.2) is 24.3 Å². The minimum absolute atomic E-state index is 0.211. The second-order valence-corrected chi connectivity index (χ2v) is 5.91. The van der Waals surface area contributed by atoms with Crippen LogP contribution in [0.4, 0.5) is 0 Å². The molecule has 0 unspecified atom stereocenters. The number of esters is 1. The van der Waals surface area contributed by atoms with Crippen molar-refractivity contribution in [1.82, 2.24) is 5.32 Å². The summed E-state index contributed by atoms with van der Waals surface area (Å²) in [6, 6.07) is 6.82. The van der Waals surface area contributed by atoms with Crippen LogP contribution in [0.25, 0.3) is 0 Å².